The highest BCUT2D eigenvalue weighted by Crippen LogP contribution is 2.10. The molecule has 0 aliphatic rings. The molecule has 7 nitrogen and oxygen atoms in total. The first kappa shape index (κ1) is 17.6. The second-order valence-electron chi connectivity index (χ2n) is 4.40. The molecule has 1 rings (SSSR count). The maximum Gasteiger partial charge on any atom is 0.251 e. The number of hydrogen-bond acceptors (Lipinski definition) is 5. The summed E-state index contributed by atoms with van der Waals surface area (Å²) in [5.41, 5.74) is 0.381. The van der Waals surface area contributed by atoms with Crippen LogP contribution in [-0.2, 0) is 14.8 Å². The van der Waals surface area contributed by atoms with Gasteiger partial charge in [-0.3, -0.25) is 4.79 Å². The van der Waals surface area contributed by atoms with Crippen molar-refractivity contribution >= 4 is 15.9 Å². The minimum absolute atomic E-state index is 0.0661. The second kappa shape index (κ2) is 8.08. The molecular formula is C13H20N2O5S. The zero-order chi connectivity index (χ0) is 15.9. The van der Waals surface area contributed by atoms with Gasteiger partial charge in [0.25, 0.3) is 5.91 Å². The Labute approximate surface area is 124 Å². The molecule has 0 radical (unpaired) electrons. The van der Waals surface area contributed by atoms with E-state index in [9.17, 15) is 18.3 Å². The van der Waals surface area contributed by atoms with Crippen molar-refractivity contribution in [2.75, 3.05) is 27.3 Å². The molecule has 0 saturated carbocycles. The first-order valence-corrected chi connectivity index (χ1v) is 7.88. The smallest absolute Gasteiger partial charge is 0.251 e. The van der Waals surface area contributed by atoms with Gasteiger partial charge >= 0.3 is 0 Å². The van der Waals surface area contributed by atoms with Gasteiger partial charge < -0.3 is 15.2 Å². The van der Waals surface area contributed by atoms with E-state index in [0.29, 0.717) is 5.56 Å². The molecule has 0 aliphatic heterocycles. The third kappa shape index (κ3) is 5.43. The number of sulfonamides is 1. The zero-order valence-electron chi connectivity index (χ0n) is 12.0. The van der Waals surface area contributed by atoms with Crippen molar-refractivity contribution in [1.29, 1.82) is 0 Å². The number of methoxy groups -OCH3 is 1. The van der Waals surface area contributed by atoms with Crippen LogP contribution in [0.15, 0.2) is 29.2 Å². The van der Waals surface area contributed by atoms with Gasteiger partial charge in [0, 0.05) is 26.3 Å². The molecular weight excluding hydrogens is 296 g/mol. The quantitative estimate of drug-likeness (QED) is 0.612. The summed E-state index contributed by atoms with van der Waals surface area (Å²) < 4.78 is 31.1. The van der Waals surface area contributed by atoms with Crippen LogP contribution in [0.5, 0.6) is 0 Å². The number of amides is 1. The van der Waals surface area contributed by atoms with Gasteiger partial charge in [0.05, 0.1) is 17.6 Å². The van der Waals surface area contributed by atoms with Crippen LogP contribution in [0.3, 0.4) is 0 Å². The minimum atomic E-state index is -3.65. The minimum Gasteiger partial charge on any atom is -0.391 e. The third-order valence-electron chi connectivity index (χ3n) is 2.78. The lowest BCUT2D eigenvalue weighted by Crippen LogP contribution is -2.28. The molecule has 3 N–H and O–H groups in total. The van der Waals surface area contributed by atoms with E-state index in [4.69, 9.17) is 4.74 Å². The summed E-state index contributed by atoms with van der Waals surface area (Å²) in [6, 6.07) is 5.59. The van der Waals surface area contributed by atoms with E-state index < -0.39 is 16.1 Å². The predicted molar refractivity (Wildman–Crippen MR) is 77.5 cm³/mol. The molecule has 1 amide bonds. The normalized spacial score (nSPS) is 12.9. The van der Waals surface area contributed by atoms with Gasteiger partial charge in [-0.25, -0.2) is 13.1 Å². The van der Waals surface area contributed by atoms with E-state index in [1.807, 2.05) is 0 Å². The SMILES string of the molecule is CNC(=O)c1ccc(S(=O)(=O)NCCC(O)COC)cc1. The summed E-state index contributed by atoms with van der Waals surface area (Å²) in [4.78, 5) is 11.4. The van der Waals surface area contributed by atoms with E-state index in [1.54, 1.807) is 0 Å². The van der Waals surface area contributed by atoms with Crippen molar-refractivity contribution in [3.63, 3.8) is 0 Å². The van der Waals surface area contributed by atoms with Crippen LogP contribution in [0, 0.1) is 0 Å². The predicted octanol–water partition coefficient (Wildman–Crippen LogP) is -0.278. The van der Waals surface area contributed by atoms with Crippen molar-refractivity contribution in [3.8, 4) is 0 Å². The van der Waals surface area contributed by atoms with E-state index in [0.717, 1.165) is 0 Å². The van der Waals surface area contributed by atoms with Gasteiger partial charge in [-0.15, -0.1) is 0 Å². The van der Waals surface area contributed by atoms with E-state index in [-0.39, 0.29) is 30.4 Å². The topological polar surface area (TPSA) is 105 Å². The number of rotatable bonds is 8. The first-order chi connectivity index (χ1) is 9.90. The average Bonchev–Trinajstić information content (AvgIpc) is 2.46. The van der Waals surface area contributed by atoms with Gasteiger partial charge in [-0.1, -0.05) is 0 Å². The molecule has 118 valence electrons. The number of carbonyl (C=O) groups is 1. The number of aliphatic hydroxyl groups excluding tert-OH is 1. The summed E-state index contributed by atoms with van der Waals surface area (Å²) in [6.45, 7) is 0.257. The highest BCUT2D eigenvalue weighted by Gasteiger charge is 2.15. The maximum atomic E-state index is 12.0. The first-order valence-electron chi connectivity index (χ1n) is 6.39. The summed E-state index contributed by atoms with van der Waals surface area (Å²) in [5, 5.41) is 11.9. The van der Waals surface area contributed by atoms with Gasteiger partial charge in [-0.05, 0) is 30.7 Å². The number of hydrogen-bond donors (Lipinski definition) is 3. The van der Waals surface area contributed by atoms with Crippen molar-refractivity contribution in [2.24, 2.45) is 0 Å². The molecule has 0 bridgehead atoms. The number of aliphatic hydroxyl groups is 1. The molecule has 1 unspecified atom stereocenters. The van der Waals surface area contributed by atoms with Crippen LogP contribution in [0.4, 0.5) is 0 Å². The number of carbonyl (C=O) groups excluding carboxylic acids is 1. The van der Waals surface area contributed by atoms with E-state index in [2.05, 4.69) is 10.0 Å². The molecule has 0 aromatic heterocycles. The van der Waals surface area contributed by atoms with Gasteiger partial charge in [0.15, 0.2) is 0 Å². The number of benzene rings is 1. The molecule has 0 aliphatic carbocycles. The second-order valence-corrected chi connectivity index (χ2v) is 6.17. The van der Waals surface area contributed by atoms with Crippen LogP contribution in [0.2, 0.25) is 0 Å². The summed E-state index contributed by atoms with van der Waals surface area (Å²) in [6.07, 6.45) is -0.461. The van der Waals surface area contributed by atoms with Crippen LogP contribution >= 0.6 is 0 Å². The van der Waals surface area contributed by atoms with Gasteiger partial charge in [0.1, 0.15) is 0 Å². The summed E-state index contributed by atoms with van der Waals surface area (Å²) in [7, 11) is -0.694. The molecule has 1 aromatic rings. The number of nitrogens with one attached hydrogen (secondary N) is 2. The Hall–Kier alpha value is -1.48. The Morgan fingerprint density at radius 3 is 2.48 bits per heavy atom. The molecule has 0 heterocycles. The van der Waals surface area contributed by atoms with Crippen molar-refractivity contribution in [2.45, 2.75) is 17.4 Å². The highest BCUT2D eigenvalue weighted by molar-refractivity contribution is 7.89. The lowest BCUT2D eigenvalue weighted by atomic mass is 10.2. The van der Waals surface area contributed by atoms with Crippen molar-refractivity contribution in [3.05, 3.63) is 29.8 Å². The Morgan fingerprint density at radius 2 is 1.95 bits per heavy atom. The fraction of sp³-hybridized carbons (Fsp3) is 0.462. The molecule has 0 spiro atoms. The maximum absolute atomic E-state index is 12.0. The third-order valence-corrected chi connectivity index (χ3v) is 4.26. The monoisotopic (exact) mass is 316 g/mol. The molecule has 0 fully saturated rings. The Balaban J connectivity index is 2.64. The van der Waals surface area contributed by atoms with Crippen LogP contribution in [0.1, 0.15) is 16.8 Å². The van der Waals surface area contributed by atoms with Crippen molar-refractivity contribution < 1.29 is 23.1 Å². The average molecular weight is 316 g/mol. The fourth-order valence-corrected chi connectivity index (χ4v) is 2.70. The summed E-state index contributed by atoms with van der Waals surface area (Å²) >= 11 is 0. The van der Waals surface area contributed by atoms with E-state index >= 15 is 0 Å². The molecule has 1 atom stereocenters. The Bertz CT molecular complexity index is 556. The lowest BCUT2D eigenvalue weighted by Gasteiger charge is -2.11. The van der Waals surface area contributed by atoms with Gasteiger partial charge in [-0.2, -0.15) is 0 Å². The van der Waals surface area contributed by atoms with Crippen molar-refractivity contribution in [1.82, 2.24) is 10.0 Å². The van der Waals surface area contributed by atoms with E-state index in [1.165, 1.54) is 38.4 Å². The molecule has 1 aromatic carbocycles. The zero-order valence-corrected chi connectivity index (χ0v) is 12.8. The highest BCUT2D eigenvalue weighted by atomic mass is 32.2. The van der Waals surface area contributed by atoms with Crippen LogP contribution < -0.4 is 10.0 Å². The Kier molecular flexibility index (Phi) is 6.76. The van der Waals surface area contributed by atoms with Crippen LogP contribution in [-0.4, -0.2) is 52.8 Å². The summed E-state index contributed by atoms with van der Waals surface area (Å²) in [5.74, 6) is -0.283. The molecule has 8 heteroatoms. The fourth-order valence-electron chi connectivity index (χ4n) is 1.65. The van der Waals surface area contributed by atoms with Gasteiger partial charge in [0.2, 0.25) is 10.0 Å². The standard InChI is InChI=1S/C13H20N2O5S/c1-14-13(17)10-3-5-12(6-4-10)21(18,19)15-8-7-11(16)9-20-2/h3-6,11,15-16H,7-9H2,1-2H3,(H,14,17). The Morgan fingerprint density at radius 1 is 1.33 bits per heavy atom. The number of ether oxygens (including phenoxy) is 1. The van der Waals surface area contributed by atoms with Crippen LogP contribution in [0.25, 0.3) is 0 Å². The largest absolute Gasteiger partial charge is 0.391 e. The lowest BCUT2D eigenvalue weighted by molar-refractivity contribution is 0.0603. The molecule has 21 heavy (non-hydrogen) atoms. The molecule has 0 saturated heterocycles.